The summed E-state index contributed by atoms with van der Waals surface area (Å²) in [6.45, 7) is 8.05. The Balaban J connectivity index is -0.000000688. The first-order chi connectivity index (χ1) is 19.3. The molecule has 0 saturated heterocycles. The van der Waals surface area contributed by atoms with Crippen LogP contribution in [-0.4, -0.2) is 49.7 Å². The number of rotatable bonds is 30. The summed E-state index contributed by atoms with van der Waals surface area (Å²) in [6, 6.07) is 0. The molecular weight excluding hydrogens is 536 g/mol. The second-order valence-electron chi connectivity index (χ2n) is 12.9. The Hall–Kier alpha value is 0.200. The number of carbonyl (C=O) groups excluding carboxylic acids is 2. The van der Waals surface area contributed by atoms with Crippen molar-refractivity contribution in [2.24, 2.45) is 5.41 Å². The molecule has 0 saturated carbocycles. The molecule has 0 radical (unpaired) electrons. The number of carboxylic acid groups (broad SMARTS) is 2. The van der Waals surface area contributed by atoms with Crippen molar-refractivity contribution < 1.29 is 19.8 Å². The summed E-state index contributed by atoms with van der Waals surface area (Å²) in [7, 11) is 0. The Morgan fingerprint density at radius 3 is 0.927 bits per heavy atom. The quantitative estimate of drug-likeness (QED) is 0.0602. The third kappa shape index (κ3) is 40.2. The van der Waals surface area contributed by atoms with Crippen LogP contribution in [0.5, 0.6) is 0 Å². The third-order valence-corrected chi connectivity index (χ3v) is 8.19. The van der Waals surface area contributed by atoms with Gasteiger partial charge in [-0.25, -0.2) is 0 Å². The minimum atomic E-state index is -0.916. The van der Waals surface area contributed by atoms with Gasteiger partial charge < -0.3 is 19.8 Å². The maximum atomic E-state index is 10.8. The molecule has 0 rings (SSSR count). The van der Waals surface area contributed by atoms with Gasteiger partial charge in [0, 0.05) is 17.4 Å². The largest absolute Gasteiger partial charge is 2.00 e. The molecule has 0 heterocycles. The summed E-state index contributed by atoms with van der Waals surface area (Å²) in [4.78, 5) is 21.1. The van der Waals surface area contributed by atoms with E-state index in [0.717, 1.165) is 32.1 Å². The summed E-state index contributed by atoms with van der Waals surface area (Å²) in [5.74, 6) is -1.82. The summed E-state index contributed by atoms with van der Waals surface area (Å²) in [5.41, 5.74) is -0.654. The van der Waals surface area contributed by atoms with Crippen LogP contribution in [0.15, 0.2) is 0 Å². The van der Waals surface area contributed by atoms with Gasteiger partial charge in [0.1, 0.15) is 0 Å². The molecule has 0 aromatic rings. The number of carbonyl (C=O) groups is 2. The molecule has 0 aromatic carbocycles. The molecule has 240 valence electrons. The van der Waals surface area contributed by atoms with Crippen LogP contribution in [0.3, 0.4) is 0 Å². The SMILES string of the molecule is CCCCCCCCCCCCCCC(C)(C)C(=O)[O-].CCCCCCCCCCCCCCCCCC(=O)[O-].[Ca+2]. The molecule has 0 aliphatic heterocycles. The number of hydrogen-bond acceptors (Lipinski definition) is 4. The molecule has 0 N–H and O–H groups in total. The van der Waals surface area contributed by atoms with Crippen LogP contribution in [0.25, 0.3) is 0 Å². The van der Waals surface area contributed by atoms with Crippen molar-refractivity contribution in [1.82, 2.24) is 0 Å². The van der Waals surface area contributed by atoms with Crippen molar-refractivity contribution in [1.29, 1.82) is 0 Å². The van der Waals surface area contributed by atoms with E-state index in [-0.39, 0.29) is 44.2 Å². The van der Waals surface area contributed by atoms with E-state index in [2.05, 4.69) is 13.8 Å². The average molecular weight is 607 g/mol. The van der Waals surface area contributed by atoms with Crippen LogP contribution in [0, 0.1) is 5.41 Å². The monoisotopic (exact) mass is 606 g/mol. The van der Waals surface area contributed by atoms with E-state index in [1.54, 1.807) is 13.8 Å². The zero-order valence-electron chi connectivity index (χ0n) is 28.3. The van der Waals surface area contributed by atoms with Gasteiger partial charge in [0.2, 0.25) is 0 Å². The Morgan fingerprint density at radius 1 is 0.439 bits per heavy atom. The van der Waals surface area contributed by atoms with Gasteiger partial charge in [0.15, 0.2) is 0 Å². The Morgan fingerprint density at radius 2 is 0.683 bits per heavy atom. The minimum absolute atomic E-state index is 0. The Labute approximate surface area is 287 Å². The van der Waals surface area contributed by atoms with E-state index in [1.165, 1.54) is 148 Å². The minimum Gasteiger partial charge on any atom is -0.550 e. The molecule has 0 aromatic heterocycles. The van der Waals surface area contributed by atoms with Crippen molar-refractivity contribution in [2.45, 2.75) is 214 Å². The third-order valence-electron chi connectivity index (χ3n) is 8.19. The molecule has 0 aliphatic rings. The Kier molecular flexibility index (Phi) is 40.5. The summed E-state index contributed by atoms with van der Waals surface area (Å²) in [6.07, 6.45) is 36.4. The predicted octanol–water partition coefficient (Wildman–Crippen LogP) is 9.47. The maximum Gasteiger partial charge on any atom is 2.00 e. The molecule has 41 heavy (non-hydrogen) atoms. The van der Waals surface area contributed by atoms with Crippen molar-refractivity contribution in [2.75, 3.05) is 0 Å². The molecule has 0 aliphatic carbocycles. The molecule has 4 nitrogen and oxygen atoms in total. The first-order valence-electron chi connectivity index (χ1n) is 17.7. The van der Waals surface area contributed by atoms with E-state index in [9.17, 15) is 19.8 Å². The second kappa shape index (κ2) is 36.4. The zero-order valence-corrected chi connectivity index (χ0v) is 30.6. The van der Waals surface area contributed by atoms with E-state index >= 15 is 0 Å². The van der Waals surface area contributed by atoms with Gasteiger partial charge >= 0.3 is 37.7 Å². The zero-order chi connectivity index (χ0) is 30.2. The normalized spacial score (nSPS) is 11.0. The van der Waals surface area contributed by atoms with Crippen LogP contribution in [0.4, 0.5) is 0 Å². The summed E-state index contributed by atoms with van der Waals surface area (Å²) in [5, 5.41) is 21.1. The number of unbranched alkanes of at least 4 members (excludes halogenated alkanes) is 25. The van der Waals surface area contributed by atoms with Crippen LogP contribution >= 0.6 is 0 Å². The molecule has 0 spiro atoms. The fourth-order valence-electron chi connectivity index (χ4n) is 5.15. The topological polar surface area (TPSA) is 80.3 Å². The predicted molar refractivity (Wildman–Crippen MR) is 175 cm³/mol. The van der Waals surface area contributed by atoms with Crippen LogP contribution in [0.2, 0.25) is 0 Å². The van der Waals surface area contributed by atoms with Gasteiger partial charge in [-0.2, -0.15) is 0 Å². The van der Waals surface area contributed by atoms with Gasteiger partial charge in [-0.15, -0.1) is 0 Å². The van der Waals surface area contributed by atoms with Crippen LogP contribution < -0.4 is 10.2 Å². The van der Waals surface area contributed by atoms with Crippen molar-refractivity contribution in [3.63, 3.8) is 0 Å². The van der Waals surface area contributed by atoms with Crippen LogP contribution in [0.1, 0.15) is 214 Å². The average Bonchev–Trinajstić information content (AvgIpc) is 2.91. The van der Waals surface area contributed by atoms with E-state index in [4.69, 9.17) is 0 Å². The smallest absolute Gasteiger partial charge is 0.550 e. The number of hydrogen-bond donors (Lipinski definition) is 0. The molecule has 0 atom stereocenters. The Bertz CT molecular complexity index is 536. The van der Waals surface area contributed by atoms with Crippen molar-refractivity contribution >= 4 is 49.7 Å². The number of aliphatic carboxylic acids is 2. The molecule has 0 unspecified atom stereocenters. The fraction of sp³-hybridized carbons (Fsp3) is 0.944. The first kappa shape index (κ1) is 45.6. The molecule has 0 bridgehead atoms. The van der Waals surface area contributed by atoms with E-state index < -0.39 is 17.4 Å². The maximum absolute atomic E-state index is 10.8. The van der Waals surface area contributed by atoms with Crippen LogP contribution in [-0.2, 0) is 9.59 Å². The first-order valence-corrected chi connectivity index (χ1v) is 17.7. The van der Waals surface area contributed by atoms with E-state index in [0.29, 0.717) is 0 Å². The molecule has 0 amide bonds. The summed E-state index contributed by atoms with van der Waals surface area (Å²) >= 11 is 0. The van der Waals surface area contributed by atoms with Gasteiger partial charge in [-0.1, -0.05) is 195 Å². The second-order valence-corrected chi connectivity index (χ2v) is 12.9. The van der Waals surface area contributed by atoms with Gasteiger partial charge in [-0.05, 0) is 19.3 Å². The molecule has 5 heteroatoms. The summed E-state index contributed by atoms with van der Waals surface area (Å²) < 4.78 is 0. The number of carboxylic acids is 2. The van der Waals surface area contributed by atoms with Crippen molar-refractivity contribution in [3.8, 4) is 0 Å². The fourth-order valence-corrected chi connectivity index (χ4v) is 5.15. The molecule has 0 fully saturated rings. The van der Waals surface area contributed by atoms with Gasteiger partial charge in [-0.3, -0.25) is 0 Å². The van der Waals surface area contributed by atoms with Gasteiger partial charge in [0.05, 0.1) is 0 Å². The van der Waals surface area contributed by atoms with E-state index in [1.807, 2.05) is 0 Å². The molecular formula is C36H70CaO4. The van der Waals surface area contributed by atoms with Crippen molar-refractivity contribution in [3.05, 3.63) is 0 Å². The standard InChI is InChI=1S/2C18H36O2.Ca/c1-4-5-6-7-8-9-10-11-12-13-14-15-16-18(2,3)17(19)20;1-2-3-4-5-6-7-8-9-10-11-12-13-14-15-16-17-18(19)20;/h4-16H2,1-3H3,(H,19,20);2-17H2,1H3,(H,19,20);/q;;+2/p-2. The van der Waals surface area contributed by atoms with Gasteiger partial charge in [0.25, 0.3) is 0 Å².